The van der Waals surface area contributed by atoms with Crippen LogP contribution < -0.4 is 10.8 Å². The van der Waals surface area contributed by atoms with E-state index in [0.29, 0.717) is 0 Å². The highest BCUT2D eigenvalue weighted by Crippen LogP contribution is 2.14. The first kappa shape index (κ1) is 12.4. The molecule has 1 heterocycles. The van der Waals surface area contributed by atoms with E-state index >= 15 is 0 Å². The lowest BCUT2D eigenvalue weighted by Crippen LogP contribution is -2.59. The van der Waals surface area contributed by atoms with Gasteiger partial charge in [-0.2, -0.15) is 0 Å². The van der Waals surface area contributed by atoms with Crippen molar-refractivity contribution < 1.29 is 14.4 Å². The molecule has 1 aliphatic heterocycles. The Morgan fingerprint density at radius 3 is 2.47 bits per heavy atom. The number of hydrogen-bond acceptors (Lipinski definition) is 4. The van der Waals surface area contributed by atoms with Crippen molar-refractivity contribution in [2.75, 3.05) is 19.7 Å². The highest BCUT2D eigenvalue weighted by Gasteiger charge is 2.33. The third-order valence-corrected chi connectivity index (χ3v) is 2.02. The van der Waals surface area contributed by atoms with E-state index in [9.17, 15) is 4.79 Å². The minimum absolute atomic E-state index is 0.0360. The molecule has 1 aliphatic rings. The summed E-state index contributed by atoms with van der Waals surface area (Å²) in [6.45, 7) is 9.19. The van der Waals surface area contributed by atoms with Gasteiger partial charge in [0.1, 0.15) is 6.61 Å². The van der Waals surface area contributed by atoms with Crippen LogP contribution in [0, 0.1) is 0 Å². The van der Waals surface area contributed by atoms with Gasteiger partial charge in [-0.15, -0.1) is 0 Å². The molecule has 1 rings (SSSR count). The molecule has 0 radical (unpaired) electrons. The predicted molar refractivity (Wildman–Crippen MR) is 56.2 cm³/mol. The Kier molecular flexibility index (Phi) is 3.70. The zero-order valence-electron chi connectivity index (χ0n) is 9.85. The topological polar surface area (TPSA) is 59.6 Å². The molecule has 88 valence electrons. The number of nitrogens with one attached hydrogen (secondary N) is 2. The largest absolute Gasteiger partial charge is 0.363 e. The average Bonchev–Trinajstić information content (AvgIpc) is 2.07. The molecule has 15 heavy (non-hydrogen) atoms. The van der Waals surface area contributed by atoms with Gasteiger partial charge >= 0.3 is 0 Å². The molecule has 0 bridgehead atoms. The molecule has 1 fully saturated rings. The summed E-state index contributed by atoms with van der Waals surface area (Å²) < 4.78 is 5.44. The molecule has 0 unspecified atom stereocenters. The van der Waals surface area contributed by atoms with Crippen molar-refractivity contribution in [3.05, 3.63) is 0 Å². The molecule has 2 N–H and O–H groups in total. The van der Waals surface area contributed by atoms with Gasteiger partial charge in [0.05, 0.1) is 11.2 Å². The molecule has 1 saturated heterocycles. The van der Waals surface area contributed by atoms with Crippen LogP contribution in [-0.4, -0.2) is 36.8 Å². The summed E-state index contributed by atoms with van der Waals surface area (Å²) in [5.74, 6) is -0.252. The number of rotatable bonds is 4. The lowest BCUT2D eigenvalue weighted by atomic mass is 10.0. The number of ether oxygens (including phenoxy) is 1. The summed E-state index contributed by atoms with van der Waals surface area (Å²) in [4.78, 5) is 16.4. The molecule has 0 aromatic heterocycles. The molecule has 0 aromatic rings. The second-order valence-electron chi connectivity index (χ2n) is 5.08. The maximum Gasteiger partial charge on any atom is 0.269 e. The van der Waals surface area contributed by atoms with E-state index in [-0.39, 0.29) is 23.7 Å². The quantitative estimate of drug-likeness (QED) is 0.660. The van der Waals surface area contributed by atoms with E-state index < -0.39 is 0 Å². The maximum absolute atomic E-state index is 11.3. The zero-order valence-corrected chi connectivity index (χ0v) is 9.85. The second kappa shape index (κ2) is 4.47. The number of hydroxylamine groups is 1. The average molecular weight is 216 g/mol. The molecule has 1 amide bonds. The Bertz CT molecular complexity index is 231. The number of carbonyl (C=O) groups excluding carboxylic acids is 1. The summed E-state index contributed by atoms with van der Waals surface area (Å²) in [7, 11) is 0. The summed E-state index contributed by atoms with van der Waals surface area (Å²) in [6, 6.07) is 0. The molecule has 0 saturated carbocycles. The monoisotopic (exact) mass is 216 g/mol. The number of amides is 1. The SMILES string of the molecule is CC(C)(C)ONC(=O)COC1(C)CNC1. The van der Waals surface area contributed by atoms with E-state index in [2.05, 4.69) is 10.8 Å². The molecular formula is C10H20N2O3. The van der Waals surface area contributed by atoms with Gasteiger partial charge in [0.25, 0.3) is 5.91 Å². The van der Waals surface area contributed by atoms with Crippen LogP contribution in [-0.2, 0) is 14.4 Å². The fraction of sp³-hybridized carbons (Fsp3) is 0.900. The molecule has 0 spiro atoms. The van der Waals surface area contributed by atoms with E-state index in [1.165, 1.54) is 0 Å². The lowest BCUT2D eigenvalue weighted by molar-refractivity contribution is -0.158. The van der Waals surface area contributed by atoms with Gasteiger partial charge in [0.2, 0.25) is 0 Å². The van der Waals surface area contributed by atoms with Crippen LogP contribution in [0.4, 0.5) is 0 Å². The minimum atomic E-state index is -0.377. The van der Waals surface area contributed by atoms with Crippen LogP contribution in [0.2, 0.25) is 0 Å². The fourth-order valence-electron chi connectivity index (χ4n) is 1.06. The van der Waals surface area contributed by atoms with Crippen LogP contribution >= 0.6 is 0 Å². The van der Waals surface area contributed by atoms with E-state index in [1.54, 1.807) is 0 Å². The summed E-state index contributed by atoms with van der Waals surface area (Å²) in [5.41, 5.74) is 1.79. The van der Waals surface area contributed by atoms with Gasteiger partial charge in [0.15, 0.2) is 0 Å². The van der Waals surface area contributed by atoms with Crippen LogP contribution in [0.5, 0.6) is 0 Å². The van der Waals surface area contributed by atoms with Crippen LogP contribution in [0.3, 0.4) is 0 Å². The van der Waals surface area contributed by atoms with Gasteiger partial charge in [-0.3, -0.25) is 9.63 Å². The fourth-order valence-corrected chi connectivity index (χ4v) is 1.06. The van der Waals surface area contributed by atoms with Gasteiger partial charge in [0, 0.05) is 13.1 Å². The highest BCUT2D eigenvalue weighted by molar-refractivity contribution is 5.76. The Labute approximate surface area is 90.5 Å². The van der Waals surface area contributed by atoms with Crippen LogP contribution in [0.15, 0.2) is 0 Å². The van der Waals surface area contributed by atoms with Gasteiger partial charge in [-0.05, 0) is 27.7 Å². The van der Waals surface area contributed by atoms with Crippen molar-refractivity contribution >= 4 is 5.91 Å². The molecule has 0 aliphatic carbocycles. The van der Waals surface area contributed by atoms with Crippen molar-refractivity contribution in [2.24, 2.45) is 0 Å². The Morgan fingerprint density at radius 2 is 2.07 bits per heavy atom. The van der Waals surface area contributed by atoms with Crippen LogP contribution in [0.1, 0.15) is 27.7 Å². The molecule has 0 atom stereocenters. The lowest BCUT2D eigenvalue weighted by Gasteiger charge is -2.38. The Hall–Kier alpha value is -0.650. The smallest absolute Gasteiger partial charge is 0.269 e. The van der Waals surface area contributed by atoms with E-state index in [1.807, 2.05) is 27.7 Å². The highest BCUT2D eigenvalue weighted by atomic mass is 16.7. The summed E-state index contributed by atoms with van der Waals surface area (Å²) in [6.07, 6.45) is 0. The number of carbonyl (C=O) groups is 1. The van der Waals surface area contributed by atoms with Gasteiger partial charge < -0.3 is 10.1 Å². The van der Waals surface area contributed by atoms with Gasteiger partial charge in [-0.25, -0.2) is 5.48 Å². The first-order valence-electron chi connectivity index (χ1n) is 5.12. The van der Waals surface area contributed by atoms with E-state index in [4.69, 9.17) is 9.57 Å². The van der Waals surface area contributed by atoms with Crippen molar-refractivity contribution in [3.63, 3.8) is 0 Å². The van der Waals surface area contributed by atoms with Crippen molar-refractivity contribution in [2.45, 2.75) is 38.9 Å². The Balaban J connectivity index is 2.14. The van der Waals surface area contributed by atoms with Crippen molar-refractivity contribution in [3.8, 4) is 0 Å². The zero-order chi connectivity index (χ0) is 11.5. The third kappa shape index (κ3) is 4.59. The molecule has 5 nitrogen and oxygen atoms in total. The second-order valence-corrected chi connectivity index (χ2v) is 5.08. The summed E-state index contributed by atoms with van der Waals surface area (Å²) >= 11 is 0. The summed E-state index contributed by atoms with van der Waals surface area (Å²) in [5, 5.41) is 3.09. The van der Waals surface area contributed by atoms with Crippen LogP contribution in [0.25, 0.3) is 0 Å². The first-order valence-corrected chi connectivity index (χ1v) is 5.12. The standard InChI is InChI=1S/C10H20N2O3/c1-9(2,3)15-12-8(13)5-14-10(4)6-11-7-10/h11H,5-7H2,1-4H3,(H,12,13). The minimum Gasteiger partial charge on any atom is -0.363 e. The number of hydrogen-bond donors (Lipinski definition) is 2. The van der Waals surface area contributed by atoms with Crippen molar-refractivity contribution in [1.29, 1.82) is 0 Å². The predicted octanol–water partition coefficient (Wildman–Crippen LogP) is 0.211. The third-order valence-electron chi connectivity index (χ3n) is 2.02. The Morgan fingerprint density at radius 1 is 1.47 bits per heavy atom. The normalized spacial score (nSPS) is 19.5. The van der Waals surface area contributed by atoms with E-state index in [0.717, 1.165) is 13.1 Å². The maximum atomic E-state index is 11.3. The first-order chi connectivity index (χ1) is 6.81. The molecule has 0 aromatic carbocycles. The molecular weight excluding hydrogens is 196 g/mol. The van der Waals surface area contributed by atoms with Gasteiger partial charge in [-0.1, -0.05) is 0 Å². The van der Waals surface area contributed by atoms with Crippen molar-refractivity contribution in [1.82, 2.24) is 10.8 Å². The molecule has 5 heteroatoms.